The molecule has 1 N–H and O–H groups in total. The van der Waals surface area contributed by atoms with Crippen molar-refractivity contribution in [2.75, 3.05) is 0 Å². The first kappa shape index (κ1) is 12.8. The van der Waals surface area contributed by atoms with Gasteiger partial charge in [-0.1, -0.05) is 18.2 Å². The van der Waals surface area contributed by atoms with Crippen LogP contribution in [0.2, 0.25) is 0 Å². The Hall–Kier alpha value is -1.68. The van der Waals surface area contributed by atoms with Gasteiger partial charge in [-0.15, -0.1) is 0 Å². The average Bonchev–Trinajstić information content (AvgIpc) is 2.76. The number of nitrogens with zero attached hydrogens (tertiary/aromatic N) is 2. The molecule has 0 saturated carbocycles. The highest BCUT2D eigenvalue weighted by molar-refractivity contribution is 5.18. The molecule has 18 heavy (non-hydrogen) atoms. The number of aryl methyl sites for hydroxylation is 2. The second-order valence-electron chi connectivity index (χ2n) is 4.51. The summed E-state index contributed by atoms with van der Waals surface area (Å²) in [4.78, 5) is 0. The Labute approximate surface area is 106 Å². The summed E-state index contributed by atoms with van der Waals surface area (Å²) in [5.41, 5.74) is 1.65. The molecule has 0 fully saturated rings. The highest BCUT2D eigenvalue weighted by Gasteiger charge is 2.09. The van der Waals surface area contributed by atoms with Crippen molar-refractivity contribution in [3.05, 3.63) is 53.6 Å². The van der Waals surface area contributed by atoms with Gasteiger partial charge in [0.05, 0.1) is 12.3 Å². The van der Waals surface area contributed by atoms with Gasteiger partial charge < -0.3 is 5.11 Å². The Kier molecular flexibility index (Phi) is 4.10. The number of aromatic nitrogens is 2. The zero-order valence-electron chi connectivity index (χ0n) is 10.4. The third kappa shape index (κ3) is 3.40. The van der Waals surface area contributed by atoms with E-state index in [0.29, 0.717) is 18.4 Å². The number of hydrogen-bond donors (Lipinski definition) is 1. The highest BCUT2D eigenvalue weighted by atomic mass is 19.1. The monoisotopic (exact) mass is 248 g/mol. The Morgan fingerprint density at radius 1 is 1.39 bits per heavy atom. The molecular formula is C14H17FN2O. The van der Waals surface area contributed by atoms with Crippen LogP contribution in [-0.4, -0.2) is 21.0 Å². The predicted octanol–water partition coefficient (Wildman–Crippen LogP) is 2.10. The van der Waals surface area contributed by atoms with Crippen molar-refractivity contribution in [3.8, 4) is 0 Å². The Balaban J connectivity index is 1.85. The summed E-state index contributed by atoms with van der Waals surface area (Å²) < 4.78 is 15.1. The van der Waals surface area contributed by atoms with Crippen LogP contribution in [0.15, 0.2) is 36.7 Å². The van der Waals surface area contributed by atoms with E-state index in [9.17, 15) is 9.50 Å². The number of halogens is 1. The molecule has 0 aliphatic carbocycles. The lowest BCUT2D eigenvalue weighted by Gasteiger charge is -2.10. The molecule has 1 unspecified atom stereocenters. The van der Waals surface area contributed by atoms with Gasteiger partial charge >= 0.3 is 0 Å². The number of rotatable bonds is 5. The van der Waals surface area contributed by atoms with Gasteiger partial charge in [-0.05, 0) is 30.0 Å². The van der Waals surface area contributed by atoms with E-state index in [2.05, 4.69) is 5.10 Å². The van der Waals surface area contributed by atoms with E-state index in [1.807, 2.05) is 13.2 Å². The topological polar surface area (TPSA) is 38.0 Å². The van der Waals surface area contributed by atoms with Crippen LogP contribution in [-0.2, 0) is 19.9 Å². The largest absolute Gasteiger partial charge is 0.393 e. The number of hydrogen-bond acceptors (Lipinski definition) is 2. The highest BCUT2D eigenvalue weighted by Crippen LogP contribution is 2.12. The minimum absolute atomic E-state index is 0.252. The van der Waals surface area contributed by atoms with Gasteiger partial charge in [0.15, 0.2) is 0 Å². The molecule has 96 valence electrons. The van der Waals surface area contributed by atoms with E-state index in [1.165, 1.54) is 6.07 Å². The van der Waals surface area contributed by atoms with Crippen molar-refractivity contribution < 1.29 is 9.50 Å². The van der Waals surface area contributed by atoms with Gasteiger partial charge in [0.2, 0.25) is 0 Å². The minimum Gasteiger partial charge on any atom is -0.393 e. The lowest BCUT2D eigenvalue weighted by molar-refractivity contribution is 0.164. The molecular weight excluding hydrogens is 231 g/mol. The van der Waals surface area contributed by atoms with Crippen molar-refractivity contribution >= 4 is 0 Å². The normalized spacial score (nSPS) is 12.6. The first-order chi connectivity index (χ1) is 8.65. The van der Waals surface area contributed by atoms with Crippen LogP contribution in [0.4, 0.5) is 4.39 Å². The fourth-order valence-corrected chi connectivity index (χ4v) is 1.95. The van der Waals surface area contributed by atoms with Crippen molar-refractivity contribution in [2.45, 2.75) is 25.4 Å². The Bertz CT molecular complexity index is 510. The molecule has 0 radical (unpaired) electrons. The molecule has 1 aromatic carbocycles. The van der Waals surface area contributed by atoms with Crippen LogP contribution in [0.5, 0.6) is 0 Å². The second-order valence-corrected chi connectivity index (χ2v) is 4.51. The van der Waals surface area contributed by atoms with E-state index >= 15 is 0 Å². The zero-order chi connectivity index (χ0) is 13.0. The molecule has 4 heteroatoms. The summed E-state index contributed by atoms with van der Waals surface area (Å²) in [5.74, 6) is -0.252. The van der Waals surface area contributed by atoms with Crippen molar-refractivity contribution in [1.29, 1.82) is 0 Å². The number of benzene rings is 1. The fraction of sp³-hybridized carbons (Fsp3) is 0.357. The average molecular weight is 248 g/mol. The van der Waals surface area contributed by atoms with Crippen molar-refractivity contribution in [3.63, 3.8) is 0 Å². The molecule has 2 rings (SSSR count). The van der Waals surface area contributed by atoms with Gasteiger partial charge in [0.1, 0.15) is 5.82 Å². The van der Waals surface area contributed by atoms with E-state index in [0.717, 1.165) is 12.0 Å². The predicted molar refractivity (Wildman–Crippen MR) is 67.6 cm³/mol. The van der Waals surface area contributed by atoms with Crippen LogP contribution >= 0.6 is 0 Å². The van der Waals surface area contributed by atoms with Crippen LogP contribution in [0.25, 0.3) is 0 Å². The van der Waals surface area contributed by atoms with E-state index in [4.69, 9.17) is 0 Å². The first-order valence-corrected chi connectivity index (χ1v) is 6.04. The quantitative estimate of drug-likeness (QED) is 0.880. The summed E-state index contributed by atoms with van der Waals surface area (Å²) in [5, 5.41) is 14.0. The molecule has 0 aliphatic rings. The summed E-state index contributed by atoms with van der Waals surface area (Å²) in [6, 6.07) is 6.57. The Morgan fingerprint density at radius 3 is 2.83 bits per heavy atom. The van der Waals surface area contributed by atoms with E-state index in [1.54, 1.807) is 29.1 Å². The third-order valence-corrected chi connectivity index (χ3v) is 2.94. The van der Waals surface area contributed by atoms with Crippen LogP contribution in [0, 0.1) is 5.82 Å². The Morgan fingerprint density at radius 2 is 2.17 bits per heavy atom. The molecule has 0 amide bonds. The maximum atomic E-state index is 13.4. The molecule has 0 saturated heterocycles. The number of aliphatic hydroxyl groups excluding tert-OH is 1. The summed E-state index contributed by atoms with van der Waals surface area (Å²) in [6.07, 6.45) is 4.91. The van der Waals surface area contributed by atoms with Crippen LogP contribution in [0.3, 0.4) is 0 Å². The molecule has 0 aliphatic heterocycles. The smallest absolute Gasteiger partial charge is 0.126 e. The maximum absolute atomic E-state index is 13.4. The molecule has 3 nitrogen and oxygen atoms in total. The number of aliphatic hydroxyl groups is 1. The van der Waals surface area contributed by atoms with Gasteiger partial charge in [-0.2, -0.15) is 5.10 Å². The van der Waals surface area contributed by atoms with Gasteiger partial charge in [0.25, 0.3) is 0 Å². The van der Waals surface area contributed by atoms with Crippen LogP contribution in [0.1, 0.15) is 17.5 Å². The zero-order valence-corrected chi connectivity index (χ0v) is 10.4. The molecule has 0 bridgehead atoms. The summed E-state index contributed by atoms with van der Waals surface area (Å²) >= 11 is 0. The molecule has 2 aromatic rings. The maximum Gasteiger partial charge on any atom is 0.126 e. The molecule has 1 aromatic heterocycles. The minimum atomic E-state index is -0.526. The molecule has 1 atom stereocenters. The second kappa shape index (κ2) is 5.78. The molecule has 1 heterocycles. The van der Waals surface area contributed by atoms with E-state index in [-0.39, 0.29) is 5.82 Å². The third-order valence-electron chi connectivity index (χ3n) is 2.94. The van der Waals surface area contributed by atoms with Gasteiger partial charge in [0, 0.05) is 19.7 Å². The van der Waals surface area contributed by atoms with E-state index < -0.39 is 6.10 Å². The van der Waals surface area contributed by atoms with Crippen molar-refractivity contribution in [2.24, 2.45) is 7.05 Å². The molecule has 0 spiro atoms. The van der Waals surface area contributed by atoms with Gasteiger partial charge in [-0.3, -0.25) is 4.68 Å². The first-order valence-electron chi connectivity index (χ1n) is 6.04. The summed E-state index contributed by atoms with van der Waals surface area (Å²) in [7, 11) is 1.86. The SMILES string of the molecule is Cn1cc(CCC(O)Cc2ccccc2F)cn1. The van der Waals surface area contributed by atoms with Gasteiger partial charge in [-0.25, -0.2) is 4.39 Å². The lowest BCUT2D eigenvalue weighted by atomic mass is 10.0. The van der Waals surface area contributed by atoms with Crippen molar-refractivity contribution in [1.82, 2.24) is 9.78 Å². The standard InChI is InChI=1S/C14H17FN2O/c1-17-10-11(9-16-17)6-7-13(18)8-12-4-2-3-5-14(12)15/h2-5,9-10,13,18H,6-8H2,1H3. The fourth-order valence-electron chi connectivity index (χ4n) is 1.95. The summed E-state index contributed by atoms with van der Waals surface area (Å²) in [6.45, 7) is 0. The lowest BCUT2D eigenvalue weighted by Crippen LogP contribution is -2.12. The van der Waals surface area contributed by atoms with Crippen LogP contribution < -0.4 is 0 Å².